The minimum atomic E-state index is -0.851. The molecule has 0 amide bonds. The van der Waals surface area contributed by atoms with Crippen LogP contribution in [-0.2, 0) is 24.2 Å². The first-order valence-corrected chi connectivity index (χ1v) is 11.1. The number of aliphatic carboxylic acids is 1. The third kappa shape index (κ3) is 6.22. The number of aryl methyl sites for hydroxylation is 2. The van der Waals surface area contributed by atoms with Crippen molar-refractivity contribution in [1.29, 1.82) is 0 Å². The van der Waals surface area contributed by atoms with Gasteiger partial charge in [-0.1, -0.05) is 30.3 Å². The monoisotopic (exact) mass is 458 g/mol. The van der Waals surface area contributed by atoms with Gasteiger partial charge in [0, 0.05) is 42.4 Å². The highest BCUT2D eigenvalue weighted by Crippen LogP contribution is 2.28. The van der Waals surface area contributed by atoms with E-state index >= 15 is 0 Å². The summed E-state index contributed by atoms with van der Waals surface area (Å²) >= 11 is 0. The van der Waals surface area contributed by atoms with Crippen LogP contribution in [0.5, 0.6) is 11.5 Å². The van der Waals surface area contributed by atoms with Gasteiger partial charge < -0.3 is 19.0 Å². The van der Waals surface area contributed by atoms with Crippen LogP contribution in [0.1, 0.15) is 29.0 Å². The van der Waals surface area contributed by atoms with Crippen LogP contribution in [0.25, 0.3) is 11.5 Å². The fraction of sp³-hybridized carbons (Fsp3) is 0.222. The van der Waals surface area contributed by atoms with E-state index in [0.29, 0.717) is 43.4 Å². The van der Waals surface area contributed by atoms with Crippen molar-refractivity contribution in [2.45, 2.75) is 32.8 Å². The number of hydrogen-bond acceptors (Lipinski definition) is 6. The molecule has 174 valence electrons. The molecule has 2 aromatic carbocycles. The fourth-order valence-corrected chi connectivity index (χ4v) is 3.48. The normalized spacial score (nSPS) is 10.7. The molecule has 4 rings (SSSR count). The number of hydrogen-bond donors (Lipinski definition) is 1. The van der Waals surface area contributed by atoms with Crippen LogP contribution in [0.15, 0.2) is 77.5 Å². The Morgan fingerprint density at radius 2 is 1.88 bits per heavy atom. The van der Waals surface area contributed by atoms with Crippen LogP contribution in [0.2, 0.25) is 0 Å². The van der Waals surface area contributed by atoms with Crippen LogP contribution < -0.4 is 9.47 Å². The third-order valence-electron chi connectivity index (χ3n) is 5.28. The van der Waals surface area contributed by atoms with Gasteiger partial charge in [0.1, 0.15) is 23.9 Å². The second-order valence-corrected chi connectivity index (χ2v) is 7.80. The molecular weight excluding hydrogens is 432 g/mol. The van der Waals surface area contributed by atoms with E-state index in [1.54, 1.807) is 18.5 Å². The number of benzene rings is 2. The zero-order valence-corrected chi connectivity index (χ0v) is 18.9. The summed E-state index contributed by atoms with van der Waals surface area (Å²) in [6, 6.07) is 19.0. The highest BCUT2D eigenvalue weighted by atomic mass is 16.5. The van der Waals surface area contributed by atoms with Crippen molar-refractivity contribution in [3.05, 3.63) is 95.6 Å². The van der Waals surface area contributed by atoms with Gasteiger partial charge in [-0.15, -0.1) is 0 Å². The van der Waals surface area contributed by atoms with E-state index in [-0.39, 0.29) is 6.42 Å². The Kier molecular flexibility index (Phi) is 7.55. The molecule has 0 fully saturated rings. The Morgan fingerprint density at radius 3 is 2.65 bits per heavy atom. The zero-order valence-electron chi connectivity index (χ0n) is 18.9. The molecule has 0 aliphatic heterocycles. The zero-order chi connectivity index (χ0) is 23.8. The third-order valence-corrected chi connectivity index (χ3v) is 5.28. The van der Waals surface area contributed by atoms with E-state index in [0.717, 1.165) is 28.1 Å². The lowest BCUT2D eigenvalue weighted by atomic mass is 10.1. The molecule has 0 aliphatic rings. The summed E-state index contributed by atoms with van der Waals surface area (Å²) < 4.78 is 17.8. The van der Waals surface area contributed by atoms with E-state index in [9.17, 15) is 4.79 Å². The Hall–Kier alpha value is -4.13. The lowest BCUT2D eigenvalue weighted by Gasteiger charge is -2.14. The van der Waals surface area contributed by atoms with Crippen molar-refractivity contribution < 1.29 is 23.8 Å². The van der Waals surface area contributed by atoms with Crippen LogP contribution in [0, 0.1) is 6.92 Å². The van der Waals surface area contributed by atoms with Crippen LogP contribution in [0.3, 0.4) is 0 Å². The maximum absolute atomic E-state index is 11.0. The van der Waals surface area contributed by atoms with Gasteiger partial charge in [0.2, 0.25) is 5.89 Å². The summed E-state index contributed by atoms with van der Waals surface area (Å²) in [5.41, 5.74) is 3.53. The van der Waals surface area contributed by atoms with Crippen molar-refractivity contribution >= 4 is 5.97 Å². The standard InChI is InChI=1S/C27H26N2O5/c1-19-24(29-27(34-19)22-7-3-2-4-8-22)13-15-32-23-11-9-21(10-12-26(30)31)25(16-23)33-18-20-6-5-14-28-17-20/h2-9,11,14,16-17H,10,12-13,15,18H2,1H3,(H,30,31). The van der Waals surface area contributed by atoms with Gasteiger partial charge >= 0.3 is 5.97 Å². The lowest BCUT2D eigenvalue weighted by Crippen LogP contribution is -2.05. The average Bonchev–Trinajstić information content (AvgIpc) is 3.23. The van der Waals surface area contributed by atoms with Gasteiger partial charge in [-0.2, -0.15) is 0 Å². The van der Waals surface area contributed by atoms with E-state index < -0.39 is 5.97 Å². The molecule has 7 nitrogen and oxygen atoms in total. The van der Waals surface area contributed by atoms with Gasteiger partial charge in [0.25, 0.3) is 0 Å². The Labute approximate surface area is 198 Å². The van der Waals surface area contributed by atoms with E-state index in [1.165, 1.54) is 0 Å². The summed E-state index contributed by atoms with van der Waals surface area (Å²) in [5.74, 6) is 1.77. The maximum Gasteiger partial charge on any atom is 0.303 e. The number of carboxylic acid groups (broad SMARTS) is 1. The van der Waals surface area contributed by atoms with Gasteiger partial charge in [0.15, 0.2) is 0 Å². The van der Waals surface area contributed by atoms with Crippen molar-refractivity contribution in [3.63, 3.8) is 0 Å². The van der Waals surface area contributed by atoms with Crippen LogP contribution in [-0.4, -0.2) is 27.7 Å². The molecule has 0 spiro atoms. The molecule has 34 heavy (non-hydrogen) atoms. The summed E-state index contributed by atoms with van der Waals surface area (Å²) in [4.78, 5) is 19.8. The smallest absolute Gasteiger partial charge is 0.303 e. The largest absolute Gasteiger partial charge is 0.493 e. The molecule has 4 aromatic rings. The molecule has 2 heterocycles. The number of rotatable bonds is 11. The number of ether oxygens (including phenoxy) is 2. The minimum Gasteiger partial charge on any atom is -0.493 e. The first kappa shape index (κ1) is 23.0. The molecule has 0 unspecified atom stereocenters. The number of aromatic nitrogens is 2. The highest BCUT2D eigenvalue weighted by Gasteiger charge is 2.13. The van der Waals surface area contributed by atoms with E-state index in [4.69, 9.17) is 19.0 Å². The van der Waals surface area contributed by atoms with Crippen molar-refractivity contribution in [2.75, 3.05) is 6.61 Å². The lowest BCUT2D eigenvalue weighted by molar-refractivity contribution is -0.136. The Morgan fingerprint density at radius 1 is 1.03 bits per heavy atom. The Balaban J connectivity index is 1.41. The highest BCUT2D eigenvalue weighted by molar-refractivity contribution is 5.67. The van der Waals surface area contributed by atoms with Crippen LogP contribution in [0.4, 0.5) is 0 Å². The van der Waals surface area contributed by atoms with Gasteiger partial charge in [0.05, 0.1) is 12.3 Å². The summed E-state index contributed by atoms with van der Waals surface area (Å²) in [7, 11) is 0. The summed E-state index contributed by atoms with van der Waals surface area (Å²) in [5, 5.41) is 9.06. The topological polar surface area (TPSA) is 94.7 Å². The molecule has 0 saturated heterocycles. The first-order chi connectivity index (χ1) is 16.6. The van der Waals surface area contributed by atoms with Gasteiger partial charge in [-0.05, 0) is 43.2 Å². The van der Waals surface area contributed by atoms with Crippen molar-refractivity contribution in [1.82, 2.24) is 9.97 Å². The number of pyridine rings is 1. The minimum absolute atomic E-state index is 0.0264. The van der Waals surface area contributed by atoms with Gasteiger partial charge in [-0.3, -0.25) is 9.78 Å². The second kappa shape index (κ2) is 11.1. The number of nitrogens with zero attached hydrogens (tertiary/aromatic N) is 2. The molecule has 7 heteroatoms. The SMILES string of the molecule is Cc1oc(-c2ccccc2)nc1CCOc1ccc(CCC(=O)O)c(OCc2cccnc2)c1. The number of carbonyl (C=O) groups is 1. The fourth-order valence-electron chi connectivity index (χ4n) is 3.48. The van der Waals surface area contributed by atoms with Crippen LogP contribution >= 0.6 is 0 Å². The maximum atomic E-state index is 11.0. The van der Waals surface area contributed by atoms with Crippen molar-refractivity contribution in [3.8, 4) is 23.0 Å². The molecule has 1 N–H and O–H groups in total. The summed E-state index contributed by atoms with van der Waals surface area (Å²) in [6.07, 6.45) is 4.43. The predicted molar refractivity (Wildman–Crippen MR) is 127 cm³/mol. The number of carboxylic acids is 1. The molecule has 0 atom stereocenters. The molecule has 0 aliphatic carbocycles. The second-order valence-electron chi connectivity index (χ2n) is 7.80. The summed E-state index contributed by atoms with van der Waals surface area (Å²) in [6.45, 7) is 2.65. The molecule has 0 saturated carbocycles. The first-order valence-electron chi connectivity index (χ1n) is 11.1. The molecular formula is C27H26N2O5. The quantitative estimate of drug-likeness (QED) is 0.327. The van der Waals surface area contributed by atoms with E-state index in [1.807, 2.05) is 61.5 Å². The molecule has 0 bridgehead atoms. The molecule has 2 aromatic heterocycles. The molecule has 0 radical (unpaired) electrons. The predicted octanol–water partition coefficient (Wildman–Crippen LogP) is 5.26. The number of oxazole rings is 1. The van der Waals surface area contributed by atoms with Gasteiger partial charge in [-0.25, -0.2) is 4.98 Å². The average molecular weight is 459 g/mol. The van der Waals surface area contributed by atoms with Crippen molar-refractivity contribution in [2.24, 2.45) is 0 Å². The van der Waals surface area contributed by atoms with E-state index in [2.05, 4.69) is 9.97 Å². The Bertz CT molecular complexity index is 1220.